The van der Waals surface area contributed by atoms with Crippen molar-refractivity contribution in [2.24, 2.45) is 5.92 Å². The lowest BCUT2D eigenvalue weighted by Crippen LogP contribution is -2.36. The van der Waals surface area contributed by atoms with Crippen LogP contribution in [-0.4, -0.2) is 36.0 Å². The standard InChI is InChI=1S/C20H25NOS/c23-20-9-5-4-8-19(20)22-15-14-21-12-10-18(11-13-21)16-17-6-2-1-3-7-17/h1-8,18H,9-16H2. The monoisotopic (exact) mass is 327 g/mol. The van der Waals surface area contributed by atoms with Crippen LogP contribution in [0.4, 0.5) is 0 Å². The third kappa shape index (κ3) is 5.02. The van der Waals surface area contributed by atoms with Gasteiger partial charge in [0.15, 0.2) is 0 Å². The van der Waals surface area contributed by atoms with Crippen LogP contribution < -0.4 is 0 Å². The number of likely N-dealkylation sites (tertiary alicyclic amines) is 1. The Morgan fingerprint density at radius 3 is 2.65 bits per heavy atom. The molecule has 23 heavy (non-hydrogen) atoms. The van der Waals surface area contributed by atoms with Crippen LogP contribution in [0, 0.1) is 5.92 Å². The zero-order chi connectivity index (χ0) is 15.9. The molecule has 0 aromatic heterocycles. The molecule has 0 atom stereocenters. The van der Waals surface area contributed by atoms with E-state index in [0.29, 0.717) is 0 Å². The number of nitrogens with zero attached hydrogens (tertiary/aromatic N) is 1. The minimum Gasteiger partial charge on any atom is -0.491 e. The van der Waals surface area contributed by atoms with Gasteiger partial charge in [-0.05, 0) is 49.9 Å². The minimum absolute atomic E-state index is 0.739. The van der Waals surface area contributed by atoms with Crippen LogP contribution in [0.3, 0.4) is 0 Å². The molecule has 0 saturated carbocycles. The summed E-state index contributed by atoms with van der Waals surface area (Å²) >= 11 is 5.32. The number of hydrogen-bond acceptors (Lipinski definition) is 3. The molecule has 3 heteroatoms. The molecular formula is C20H25NOS. The van der Waals surface area contributed by atoms with Gasteiger partial charge in [-0.1, -0.05) is 54.7 Å². The van der Waals surface area contributed by atoms with Crippen molar-refractivity contribution in [3.8, 4) is 0 Å². The van der Waals surface area contributed by atoms with Crippen LogP contribution >= 0.6 is 12.2 Å². The Hall–Kier alpha value is -1.45. The van der Waals surface area contributed by atoms with Gasteiger partial charge in [0.2, 0.25) is 0 Å². The van der Waals surface area contributed by atoms with Crippen molar-refractivity contribution in [2.45, 2.75) is 25.7 Å². The Labute approximate surface area is 144 Å². The predicted octanol–water partition coefficient (Wildman–Crippen LogP) is 4.17. The maximum Gasteiger partial charge on any atom is 0.133 e. The number of benzene rings is 1. The van der Waals surface area contributed by atoms with Gasteiger partial charge in [-0.15, -0.1) is 0 Å². The third-order valence-corrected chi connectivity index (χ3v) is 5.07. The maximum absolute atomic E-state index is 5.85. The highest BCUT2D eigenvalue weighted by Crippen LogP contribution is 2.21. The molecule has 2 aliphatic rings. The normalized spacial score (nSPS) is 19.7. The lowest BCUT2D eigenvalue weighted by molar-refractivity contribution is 0.132. The largest absolute Gasteiger partial charge is 0.491 e. The zero-order valence-corrected chi connectivity index (χ0v) is 14.4. The molecule has 1 fully saturated rings. The van der Waals surface area contributed by atoms with Gasteiger partial charge >= 0.3 is 0 Å². The van der Waals surface area contributed by atoms with E-state index in [1.165, 1.54) is 37.9 Å². The minimum atomic E-state index is 0.739. The number of hydrogen-bond donors (Lipinski definition) is 0. The van der Waals surface area contributed by atoms with E-state index >= 15 is 0 Å². The summed E-state index contributed by atoms with van der Waals surface area (Å²) in [5.41, 5.74) is 1.47. The first-order chi connectivity index (χ1) is 11.3. The fourth-order valence-electron chi connectivity index (χ4n) is 3.30. The summed E-state index contributed by atoms with van der Waals surface area (Å²) in [5, 5.41) is 0. The number of thiocarbonyl (C=S) groups is 1. The Balaban J connectivity index is 1.35. The second-order valence-corrected chi connectivity index (χ2v) is 6.90. The fourth-order valence-corrected chi connectivity index (χ4v) is 3.52. The molecule has 122 valence electrons. The van der Waals surface area contributed by atoms with Crippen LogP contribution in [-0.2, 0) is 11.2 Å². The summed E-state index contributed by atoms with van der Waals surface area (Å²) < 4.78 is 5.85. The van der Waals surface area contributed by atoms with E-state index in [9.17, 15) is 0 Å². The van der Waals surface area contributed by atoms with E-state index in [4.69, 9.17) is 17.0 Å². The number of ether oxygens (including phenoxy) is 1. The highest BCUT2D eigenvalue weighted by molar-refractivity contribution is 7.80. The smallest absolute Gasteiger partial charge is 0.133 e. The molecule has 1 aromatic rings. The van der Waals surface area contributed by atoms with Gasteiger partial charge in [-0.25, -0.2) is 0 Å². The van der Waals surface area contributed by atoms with Crippen molar-refractivity contribution in [3.05, 3.63) is 59.9 Å². The van der Waals surface area contributed by atoms with Gasteiger partial charge in [0.05, 0.1) is 4.86 Å². The summed E-state index contributed by atoms with van der Waals surface area (Å²) in [6.45, 7) is 4.11. The second-order valence-electron chi connectivity index (χ2n) is 6.41. The molecule has 1 saturated heterocycles. The molecule has 3 rings (SSSR count). The van der Waals surface area contributed by atoms with E-state index < -0.39 is 0 Å². The molecule has 0 N–H and O–H groups in total. The van der Waals surface area contributed by atoms with Crippen molar-refractivity contribution < 1.29 is 4.74 Å². The van der Waals surface area contributed by atoms with Gasteiger partial charge in [0.1, 0.15) is 12.4 Å². The Morgan fingerprint density at radius 1 is 1.13 bits per heavy atom. The molecular weight excluding hydrogens is 302 g/mol. The molecule has 1 aliphatic heterocycles. The summed E-state index contributed by atoms with van der Waals surface area (Å²) in [4.78, 5) is 3.44. The van der Waals surface area contributed by atoms with Crippen LogP contribution in [0.2, 0.25) is 0 Å². The van der Waals surface area contributed by atoms with Gasteiger partial charge in [0.25, 0.3) is 0 Å². The fraction of sp³-hybridized carbons (Fsp3) is 0.450. The van der Waals surface area contributed by atoms with E-state index in [1.807, 2.05) is 12.2 Å². The third-order valence-electron chi connectivity index (χ3n) is 4.70. The van der Waals surface area contributed by atoms with Crippen molar-refractivity contribution >= 4 is 17.1 Å². The molecule has 1 aromatic carbocycles. The number of piperidine rings is 1. The maximum atomic E-state index is 5.85. The average molecular weight is 327 g/mol. The first-order valence-corrected chi connectivity index (χ1v) is 9.01. The Kier molecular flexibility index (Phi) is 6.00. The molecule has 0 amide bonds. The molecule has 1 heterocycles. The average Bonchev–Trinajstić information content (AvgIpc) is 2.59. The molecule has 0 spiro atoms. The van der Waals surface area contributed by atoms with Crippen molar-refractivity contribution in [2.75, 3.05) is 26.2 Å². The number of allylic oxidation sites excluding steroid dienone is 4. The molecule has 0 bridgehead atoms. The van der Waals surface area contributed by atoms with Crippen LogP contribution in [0.1, 0.15) is 24.8 Å². The van der Waals surface area contributed by atoms with Crippen molar-refractivity contribution in [1.29, 1.82) is 0 Å². The summed E-state index contributed by atoms with van der Waals surface area (Å²) in [6, 6.07) is 10.9. The number of rotatable bonds is 6. The lowest BCUT2D eigenvalue weighted by Gasteiger charge is -2.32. The van der Waals surface area contributed by atoms with E-state index in [2.05, 4.69) is 41.3 Å². The summed E-state index contributed by atoms with van der Waals surface area (Å²) in [7, 11) is 0. The molecule has 0 unspecified atom stereocenters. The molecule has 2 nitrogen and oxygen atoms in total. The molecule has 1 aliphatic carbocycles. The van der Waals surface area contributed by atoms with Crippen LogP contribution in [0.25, 0.3) is 0 Å². The topological polar surface area (TPSA) is 12.5 Å². The van der Waals surface area contributed by atoms with Crippen molar-refractivity contribution in [1.82, 2.24) is 4.90 Å². The van der Waals surface area contributed by atoms with E-state index in [-0.39, 0.29) is 0 Å². The van der Waals surface area contributed by atoms with Crippen LogP contribution in [0.15, 0.2) is 54.3 Å². The quantitative estimate of drug-likeness (QED) is 0.728. The highest BCUT2D eigenvalue weighted by atomic mass is 32.1. The molecule has 0 radical (unpaired) electrons. The van der Waals surface area contributed by atoms with Gasteiger partial charge < -0.3 is 4.74 Å². The summed E-state index contributed by atoms with van der Waals surface area (Å²) in [6.07, 6.45) is 10.7. The Morgan fingerprint density at radius 2 is 1.91 bits per heavy atom. The Bertz CT molecular complexity index is 571. The van der Waals surface area contributed by atoms with Gasteiger partial charge in [-0.2, -0.15) is 0 Å². The predicted molar refractivity (Wildman–Crippen MR) is 99.7 cm³/mol. The zero-order valence-electron chi connectivity index (χ0n) is 13.6. The van der Waals surface area contributed by atoms with Gasteiger partial charge in [0, 0.05) is 13.0 Å². The van der Waals surface area contributed by atoms with E-state index in [0.717, 1.165) is 36.1 Å². The SMILES string of the molecule is S=C1CC=CC=C1OCCN1CCC(Cc2ccccc2)CC1. The van der Waals surface area contributed by atoms with Crippen molar-refractivity contribution in [3.63, 3.8) is 0 Å². The highest BCUT2D eigenvalue weighted by Gasteiger charge is 2.19. The first-order valence-electron chi connectivity index (χ1n) is 8.60. The lowest BCUT2D eigenvalue weighted by atomic mass is 9.90. The van der Waals surface area contributed by atoms with Gasteiger partial charge in [-0.3, -0.25) is 4.90 Å². The van der Waals surface area contributed by atoms with Crippen LogP contribution in [0.5, 0.6) is 0 Å². The first kappa shape index (κ1) is 16.4. The summed E-state index contributed by atoms with van der Waals surface area (Å²) in [5.74, 6) is 1.72. The second kappa shape index (κ2) is 8.42. The van der Waals surface area contributed by atoms with E-state index in [1.54, 1.807) is 0 Å².